The van der Waals surface area contributed by atoms with Crippen LogP contribution in [0.15, 0.2) is 73.1 Å². The standard InChI is InChI=1S/C25H25N5OS/c31-25(20-7-5-12-26-18-20)27-22-9-3-1-6-19(22)11-13-29-14-16-30(17-15-29)24-21-8-2-4-10-23(21)32-28-24/h1-10,12,18H,11,13-17H2,(H,27,31). The molecular formula is C25H25N5OS. The highest BCUT2D eigenvalue weighted by molar-refractivity contribution is 7.13. The van der Waals surface area contributed by atoms with Gasteiger partial charge in [0.2, 0.25) is 0 Å². The second-order valence-corrected chi connectivity index (χ2v) is 8.74. The van der Waals surface area contributed by atoms with Crippen LogP contribution in [0.3, 0.4) is 0 Å². The number of rotatable bonds is 6. The van der Waals surface area contributed by atoms with Crippen LogP contribution in [0.25, 0.3) is 10.1 Å². The van der Waals surface area contributed by atoms with Crippen LogP contribution in [0.4, 0.5) is 11.5 Å². The second-order valence-electron chi connectivity index (χ2n) is 7.93. The summed E-state index contributed by atoms with van der Waals surface area (Å²) < 4.78 is 5.95. The van der Waals surface area contributed by atoms with Crippen LogP contribution in [-0.2, 0) is 6.42 Å². The van der Waals surface area contributed by atoms with E-state index in [1.54, 1.807) is 36.1 Å². The largest absolute Gasteiger partial charge is 0.353 e. The van der Waals surface area contributed by atoms with Crippen LogP contribution in [0.2, 0.25) is 0 Å². The summed E-state index contributed by atoms with van der Waals surface area (Å²) in [6, 6.07) is 20.0. The number of benzene rings is 2. The highest BCUT2D eigenvalue weighted by Gasteiger charge is 2.21. The SMILES string of the molecule is O=C(Nc1ccccc1CCN1CCN(c2nsc3ccccc23)CC1)c1cccnc1. The minimum atomic E-state index is -0.130. The maximum Gasteiger partial charge on any atom is 0.257 e. The van der Waals surface area contributed by atoms with Gasteiger partial charge >= 0.3 is 0 Å². The summed E-state index contributed by atoms with van der Waals surface area (Å²) in [5.74, 6) is 0.989. The highest BCUT2D eigenvalue weighted by atomic mass is 32.1. The first-order valence-electron chi connectivity index (χ1n) is 10.9. The predicted octanol–water partition coefficient (Wildman–Crippen LogP) is 4.31. The number of carbonyl (C=O) groups excluding carboxylic acids is 1. The quantitative estimate of drug-likeness (QED) is 0.481. The van der Waals surface area contributed by atoms with Gasteiger partial charge in [-0.3, -0.25) is 14.7 Å². The fourth-order valence-corrected chi connectivity index (χ4v) is 4.91. The van der Waals surface area contributed by atoms with E-state index in [-0.39, 0.29) is 5.91 Å². The maximum atomic E-state index is 12.5. The lowest BCUT2D eigenvalue weighted by molar-refractivity contribution is 0.102. The van der Waals surface area contributed by atoms with Gasteiger partial charge in [-0.15, -0.1) is 0 Å². The van der Waals surface area contributed by atoms with Gasteiger partial charge < -0.3 is 10.2 Å². The van der Waals surface area contributed by atoms with Gasteiger partial charge in [0, 0.05) is 56.2 Å². The number of nitrogens with zero attached hydrogens (tertiary/aromatic N) is 4. The molecule has 0 bridgehead atoms. The van der Waals surface area contributed by atoms with E-state index in [1.807, 2.05) is 18.2 Å². The van der Waals surface area contributed by atoms with E-state index in [9.17, 15) is 4.79 Å². The molecule has 0 saturated carbocycles. The van der Waals surface area contributed by atoms with E-state index >= 15 is 0 Å². The topological polar surface area (TPSA) is 61.4 Å². The van der Waals surface area contributed by atoms with Crippen molar-refractivity contribution in [1.82, 2.24) is 14.3 Å². The Labute approximate surface area is 191 Å². The molecule has 4 aromatic rings. The molecule has 2 aromatic carbocycles. The smallest absolute Gasteiger partial charge is 0.257 e. The molecule has 1 aliphatic rings. The summed E-state index contributed by atoms with van der Waals surface area (Å²) >= 11 is 1.58. The van der Waals surface area contributed by atoms with Gasteiger partial charge in [-0.2, -0.15) is 4.37 Å². The molecule has 1 saturated heterocycles. The number of carbonyl (C=O) groups is 1. The van der Waals surface area contributed by atoms with Crippen LogP contribution in [-0.4, -0.2) is 52.9 Å². The molecule has 0 spiro atoms. The van der Waals surface area contributed by atoms with Crippen LogP contribution in [0.5, 0.6) is 0 Å². The van der Waals surface area contributed by atoms with Crippen molar-refractivity contribution < 1.29 is 4.79 Å². The van der Waals surface area contributed by atoms with E-state index in [4.69, 9.17) is 4.37 Å². The number of hydrogen-bond acceptors (Lipinski definition) is 6. The van der Waals surface area contributed by atoms with Gasteiger partial charge in [0.15, 0.2) is 0 Å². The maximum absolute atomic E-state index is 12.5. The van der Waals surface area contributed by atoms with E-state index in [1.165, 1.54) is 10.1 Å². The normalized spacial score (nSPS) is 14.6. The van der Waals surface area contributed by atoms with Gasteiger partial charge in [-0.05, 0) is 53.8 Å². The summed E-state index contributed by atoms with van der Waals surface area (Å²) in [5.41, 5.74) is 2.58. The Bertz CT molecular complexity index is 1200. The summed E-state index contributed by atoms with van der Waals surface area (Å²) in [4.78, 5) is 21.5. The zero-order chi connectivity index (χ0) is 21.8. The summed E-state index contributed by atoms with van der Waals surface area (Å²) in [6.45, 7) is 4.94. The van der Waals surface area contributed by atoms with Crippen LogP contribution in [0.1, 0.15) is 15.9 Å². The molecule has 1 aliphatic heterocycles. The van der Waals surface area contributed by atoms with Crippen LogP contribution >= 0.6 is 11.5 Å². The number of anilines is 2. The average Bonchev–Trinajstić information content (AvgIpc) is 3.29. The highest BCUT2D eigenvalue weighted by Crippen LogP contribution is 2.29. The Morgan fingerprint density at radius 1 is 0.969 bits per heavy atom. The monoisotopic (exact) mass is 443 g/mol. The van der Waals surface area contributed by atoms with Crippen LogP contribution in [0, 0.1) is 0 Å². The first-order chi connectivity index (χ1) is 15.8. The molecule has 6 nitrogen and oxygen atoms in total. The Kier molecular flexibility index (Phi) is 6.09. The van der Waals surface area contributed by atoms with Crippen molar-refractivity contribution in [2.24, 2.45) is 0 Å². The molecule has 7 heteroatoms. The third-order valence-electron chi connectivity index (χ3n) is 5.92. The molecule has 0 radical (unpaired) electrons. The third-order valence-corrected chi connectivity index (χ3v) is 6.73. The number of nitrogens with one attached hydrogen (secondary N) is 1. The molecule has 5 rings (SSSR count). The molecule has 0 aliphatic carbocycles. The van der Waals surface area contributed by atoms with Crippen molar-refractivity contribution in [2.45, 2.75) is 6.42 Å². The average molecular weight is 444 g/mol. The first kappa shape index (κ1) is 20.6. The molecule has 0 unspecified atom stereocenters. The Morgan fingerprint density at radius 2 is 1.78 bits per heavy atom. The fourth-order valence-electron chi connectivity index (χ4n) is 4.11. The van der Waals surface area contributed by atoms with Crippen molar-refractivity contribution in [3.8, 4) is 0 Å². The third kappa shape index (κ3) is 4.49. The van der Waals surface area contributed by atoms with E-state index in [0.717, 1.165) is 56.2 Å². The molecular weight excluding hydrogens is 418 g/mol. The van der Waals surface area contributed by atoms with Crippen LogP contribution < -0.4 is 10.2 Å². The summed E-state index contributed by atoms with van der Waals surface area (Å²) in [7, 11) is 0. The summed E-state index contributed by atoms with van der Waals surface area (Å²) in [6.07, 6.45) is 4.15. The van der Waals surface area contributed by atoms with Gasteiger partial charge in [-0.25, -0.2) is 0 Å². The molecule has 1 amide bonds. The molecule has 32 heavy (non-hydrogen) atoms. The number of para-hydroxylation sites is 1. The Hall–Kier alpha value is -3.29. The van der Waals surface area contributed by atoms with Gasteiger partial charge in [0.05, 0.1) is 10.3 Å². The number of fused-ring (bicyclic) bond motifs is 1. The van der Waals surface area contributed by atoms with Crippen molar-refractivity contribution in [1.29, 1.82) is 0 Å². The van der Waals surface area contributed by atoms with E-state index < -0.39 is 0 Å². The van der Waals surface area contributed by atoms with Crippen molar-refractivity contribution in [3.63, 3.8) is 0 Å². The fraction of sp³-hybridized carbons (Fsp3) is 0.240. The van der Waals surface area contributed by atoms with Gasteiger partial charge in [0.1, 0.15) is 5.82 Å². The van der Waals surface area contributed by atoms with Crippen molar-refractivity contribution >= 4 is 39.0 Å². The lowest BCUT2D eigenvalue weighted by Gasteiger charge is -2.35. The minimum absolute atomic E-state index is 0.130. The molecule has 1 fully saturated rings. The molecule has 0 atom stereocenters. The molecule has 162 valence electrons. The lowest BCUT2D eigenvalue weighted by atomic mass is 10.1. The molecule has 1 N–H and O–H groups in total. The van der Waals surface area contributed by atoms with Gasteiger partial charge in [0.25, 0.3) is 5.91 Å². The van der Waals surface area contributed by atoms with E-state index in [0.29, 0.717) is 5.56 Å². The molecule has 2 aromatic heterocycles. The Morgan fingerprint density at radius 3 is 2.62 bits per heavy atom. The predicted molar refractivity (Wildman–Crippen MR) is 131 cm³/mol. The molecule has 3 heterocycles. The van der Waals surface area contributed by atoms with Crippen molar-refractivity contribution in [2.75, 3.05) is 42.9 Å². The minimum Gasteiger partial charge on any atom is -0.353 e. The number of aromatic nitrogens is 2. The first-order valence-corrected chi connectivity index (χ1v) is 11.7. The number of amides is 1. The summed E-state index contributed by atoms with van der Waals surface area (Å²) in [5, 5.41) is 4.30. The zero-order valence-corrected chi connectivity index (χ0v) is 18.6. The lowest BCUT2D eigenvalue weighted by Crippen LogP contribution is -2.47. The number of hydrogen-bond donors (Lipinski definition) is 1. The number of pyridine rings is 1. The van der Waals surface area contributed by atoms with Crippen molar-refractivity contribution in [3.05, 3.63) is 84.2 Å². The van der Waals surface area contributed by atoms with E-state index in [2.05, 4.69) is 50.4 Å². The number of piperazine rings is 1. The second kappa shape index (κ2) is 9.46. The zero-order valence-electron chi connectivity index (χ0n) is 17.8. The van der Waals surface area contributed by atoms with Gasteiger partial charge in [-0.1, -0.05) is 30.3 Å². The Balaban J connectivity index is 1.18.